The average molecular weight is 255 g/mol. The summed E-state index contributed by atoms with van der Waals surface area (Å²) >= 11 is 0. The molecule has 0 spiro atoms. The summed E-state index contributed by atoms with van der Waals surface area (Å²) < 4.78 is 0. The van der Waals surface area contributed by atoms with Crippen LogP contribution in [0.15, 0.2) is 0 Å². The van der Waals surface area contributed by atoms with E-state index >= 15 is 0 Å². The summed E-state index contributed by atoms with van der Waals surface area (Å²) in [6.45, 7) is 14.0. The van der Waals surface area contributed by atoms with Gasteiger partial charge in [0.05, 0.1) is 0 Å². The van der Waals surface area contributed by atoms with Gasteiger partial charge in [-0.3, -0.25) is 0 Å². The third-order valence-corrected chi connectivity index (χ3v) is 4.57. The van der Waals surface area contributed by atoms with Gasteiger partial charge in [0, 0.05) is 6.04 Å². The zero-order valence-electron chi connectivity index (χ0n) is 13.8. The van der Waals surface area contributed by atoms with Crippen molar-refractivity contribution in [2.45, 2.75) is 86.1 Å². The molecule has 2 fully saturated rings. The second-order valence-corrected chi connectivity index (χ2v) is 5.36. The van der Waals surface area contributed by atoms with Crippen LogP contribution in [-0.2, 0) is 0 Å². The first-order chi connectivity index (χ1) is 8.83. The van der Waals surface area contributed by atoms with Crippen molar-refractivity contribution in [3.63, 3.8) is 0 Å². The Hall–Kier alpha value is -0.0400. The largest absolute Gasteiger partial charge is 0.314 e. The number of hydrogen-bond acceptors (Lipinski definition) is 1. The van der Waals surface area contributed by atoms with Gasteiger partial charge in [-0.25, -0.2) is 0 Å². The molecule has 1 aliphatic carbocycles. The lowest BCUT2D eigenvalue weighted by molar-refractivity contribution is 0.115. The van der Waals surface area contributed by atoms with E-state index < -0.39 is 0 Å². The van der Waals surface area contributed by atoms with E-state index in [9.17, 15) is 0 Å². The molecule has 0 radical (unpaired) electrons. The van der Waals surface area contributed by atoms with Gasteiger partial charge < -0.3 is 5.32 Å². The maximum Gasteiger partial charge on any atom is 0.00673 e. The van der Waals surface area contributed by atoms with E-state index in [-0.39, 0.29) is 0 Å². The maximum atomic E-state index is 3.71. The lowest BCUT2D eigenvalue weighted by Gasteiger charge is -2.42. The Morgan fingerprint density at radius 2 is 1.50 bits per heavy atom. The molecule has 4 atom stereocenters. The summed E-state index contributed by atoms with van der Waals surface area (Å²) in [5.74, 6) is 3.11. The van der Waals surface area contributed by atoms with E-state index in [1.54, 1.807) is 0 Å². The monoisotopic (exact) mass is 255 g/mol. The van der Waals surface area contributed by atoms with Gasteiger partial charge in [0.2, 0.25) is 0 Å². The molecule has 0 aromatic heterocycles. The van der Waals surface area contributed by atoms with Crippen LogP contribution < -0.4 is 5.32 Å². The molecule has 2 rings (SSSR count). The van der Waals surface area contributed by atoms with Gasteiger partial charge in [0.15, 0.2) is 0 Å². The number of nitrogens with one attached hydrogen (secondary N) is 1. The minimum absolute atomic E-state index is 0.828. The highest BCUT2D eigenvalue weighted by molar-refractivity contribution is 4.88. The Morgan fingerprint density at radius 1 is 0.833 bits per heavy atom. The molecule has 1 heteroatoms. The molecule has 0 aromatic carbocycles. The Morgan fingerprint density at radius 3 is 2.06 bits per heavy atom. The van der Waals surface area contributed by atoms with Crippen LogP contribution in [0.1, 0.15) is 80.1 Å². The summed E-state index contributed by atoms with van der Waals surface area (Å²) in [4.78, 5) is 0. The van der Waals surface area contributed by atoms with Crippen molar-refractivity contribution in [3.8, 4) is 0 Å². The fraction of sp³-hybridized carbons (Fsp3) is 1.00. The lowest BCUT2D eigenvalue weighted by Crippen LogP contribution is -2.45. The first-order valence-electron chi connectivity index (χ1n) is 8.56. The summed E-state index contributed by atoms with van der Waals surface area (Å²) in [6, 6.07) is 0.828. The molecule has 2 aliphatic rings. The quantitative estimate of drug-likeness (QED) is 0.710. The van der Waals surface area contributed by atoms with E-state index in [1.807, 2.05) is 27.7 Å². The molecule has 1 aliphatic heterocycles. The highest BCUT2D eigenvalue weighted by Crippen LogP contribution is 2.39. The number of fused-ring (bicyclic) bond motifs is 1. The van der Waals surface area contributed by atoms with Crippen LogP contribution in [0.25, 0.3) is 0 Å². The number of hydrogen-bond donors (Lipinski definition) is 1. The summed E-state index contributed by atoms with van der Waals surface area (Å²) in [5.41, 5.74) is 0. The Balaban J connectivity index is 0.000000659. The van der Waals surface area contributed by atoms with Crippen LogP contribution in [0.5, 0.6) is 0 Å². The molecule has 1 N–H and O–H groups in total. The second kappa shape index (κ2) is 10.8. The molecule has 18 heavy (non-hydrogen) atoms. The van der Waals surface area contributed by atoms with Crippen molar-refractivity contribution < 1.29 is 0 Å². The zero-order chi connectivity index (χ0) is 14.0. The van der Waals surface area contributed by atoms with Gasteiger partial charge in [0.1, 0.15) is 0 Å². The van der Waals surface area contributed by atoms with E-state index in [0.29, 0.717) is 0 Å². The normalized spacial score (nSPS) is 34.3. The van der Waals surface area contributed by atoms with Crippen LogP contribution in [-0.4, -0.2) is 12.6 Å². The molecule has 1 saturated heterocycles. The SMILES string of the molecule is CC.CC.CCC1CCC2CC(CC)NCC2C1. The van der Waals surface area contributed by atoms with Crippen LogP contribution in [0.4, 0.5) is 0 Å². The molecule has 1 heterocycles. The first kappa shape index (κ1) is 18.0. The molecular formula is C17H37N. The van der Waals surface area contributed by atoms with Crippen molar-refractivity contribution in [1.29, 1.82) is 0 Å². The molecule has 0 amide bonds. The number of rotatable bonds is 2. The predicted octanol–water partition coefficient (Wildman–Crippen LogP) is 5.25. The number of piperidine rings is 1. The minimum Gasteiger partial charge on any atom is -0.314 e. The molecule has 1 nitrogen and oxygen atoms in total. The lowest BCUT2D eigenvalue weighted by atomic mass is 9.69. The first-order valence-corrected chi connectivity index (χ1v) is 8.56. The standard InChI is InChI=1S/C13H25N.2C2H6/c1-3-10-5-6-11-8-13(4-2)14-9-12(11)7-10;2*1-2/h10-14H,3-9H2,1-2H3;2*1-2H3. The molecule has 1 saturated carbocycles. The van der Waals surface area contributed by atoms with Crippen LogP contribution in [0.3, 0.4) is 0 Å². The fourth-order valence-corrected chi connectivity index (χ4v) is 3.43. The van der Waals surface area contributed by atoms with Gasteiger partial charge in [-0.2, -0.15) is 0 Å². The van der Waals surface area contributed by atoms with Crippen molar-refractivity contribution in [2.24, 2.45) is 17.8 Å². The Bertz CT molecular complexity index is 158. The molecule has 4 unspecified atom stereocenters. The van der Waals surface area contributed by atoms with Crippen LogP contribution >= 0.6 is 0 Å². The van der Waals surface area contributed by atoms with E-state index in [2.05, 4.69) is 19.2 Å². The molecule has 0 bridgehead atoms. The van der Waals surface area contributed by atoms with Crippen molar-refractivity contribution in [2.75, 3.05) is 6.54 Å². The summed E-state index contributed by atoms with van der Waals surface area (Å²) in [7, 11) is 0. The van der Waals surface area contributed by atoms with E-state index in [1.165, 1.54) is 45.1 Å². The van der Waals surface area contributed by atoms with Crippen molar-refractivity contribution >= 4 is 0 Å². The van der Waals surface area contributed by atoms with E-state index in [0.717, 1.165) is 23.8 Å². The summed E-state index contributed by atoms with van der Waals surface area (Å²) in [5, 5.41) is 3.71. The molecular weight excluding hydrogens is 218 g/mol. The highest BCUT2D eigenvalue weighted by Gasteiger charge is 2.34. The fourth-order valence-electron chi connectivity index (χ4n) is 3.43. The second-order valence-electron chi connectivity index (χ2n) is 5.36. The van der Waals surface area contributed by atoms with Gasteiger partial charge in [-0.05, 0) is 50.0 Å². The highest BCUT2D eigenvalue weighted by atomic mass is 14.9. The van der Waals surface area contributed by atoms with Crippen LogP contribution in [0, 0.1) is 17.8 Å². The topological polar surface area (TPSA) is 12.0 Å². The maximum absolute atomic E-state index is 3.71. The smallest absolute Gasteiger partial charge is 0.00673 e. The third kappa shape index (κ3) is 5.30. The van der Waals surface area contributed by atoms with Gasteiger partial charge in [0.25, 0.3) is 0 Å². The Labute approximate surface area is 116 Å². The summed E-state index contributed by atoms with van der Waals surface area (Å²) in [6.07, 6.45) is 8.71. The van der Waals surface area contributed by atoms with Crippen molar-refractivity contribution in [3.05, 3.63) is 0 Å². The third-order valence-electron chi connectivity index (χ3n) is 4.57. The van der Waals surface area contributed by atoms with Gasteiger partial charge >= 0.3 is 0 Å². The average Bonchev–Trinajstić information content (AvgIpc) is 2.50. The van der Waals surface area contributed by atoms with E-state index in [4.69, 9.17) is 0 Å². The van der Waals surface area contributed by atoms with Gasteiger partial charge in [-0.15, -0.1) is 0 Å². The predicted molar refractivity (Wildman–Crippen MR) is 84.0 cm³/mol. The zero-order valence-corrected chi connectivity index (χ0v) is 13.8. The van der Waals surface area contributed by atoms with Gasteiger partial charge in [-0.1, -0.05) is 54.4 Å². The Kier molecular flexibility index (Phi) is 10.8. The van der Waals surface area contributed by atoms with Crippen LogP contribution in [0.2, 0.25) is 0 Å². The molecule has 110 valence electrons. The molecule has 0 aromatic rings. The minimum atomic E-state index is 0.828. The van der Waals surface area contributed by atoms with Crippen molar-refractivity contribution in [1.82, 2.24) is 5.32 Å².